The molecular formula is C7H14O3S. The third-order valence-electron chi connectivity index (χ3n) is 1.71. The Hall–Kier alpha value is 0.0700. The molecule has 11 heavy (non-hydrogen) atoms. The molecule has 2 unspecified atom stereocenters. The summed E-state index contributed by atoms with van der Waals surface area (Å²) in [5.74, 6) is 0. The minimum absolute atomic E-state index is 0.346. The van der Waals surface area contributed by atoms with Crippen LogP contribution in [0.5, 0.6) is 0 Å². The van der Waals surface area contributed by atoms with Gasteiger partial charge in [-0.25, -0.2) is 4.21 Å². The molecule has 1 aliphatic rings. The molecule has 0 saturated carbocycles. The maximum Gasteiger partial charge on any atom is 0.152 e. The van der Waals surface area contributed by atoms with Crippen LogP contribution in [0, 0.1) is 0 Å². The first-order chi connectivity index (χ1) is 5.29. The smallest absolute Gasteiger partial charge is 0.152 e. The second-order valence-corrected chi connectivity index (χ2v) is 3.69. The van der Waals surface area contributed by atoms with E-state index < -0.39 is 11.1 Å². The van der Waals surface area contributed by atoms with Gasteiger partial charge in [0, 0.05) is 12.9 Å². The second kappa shape index (κ2) is 4.85. The number of rotatable bonds is 4. The summed E-state index contributed by atoms with van der Waals surface area (Å²) < 4.78 is 20.7. The summed E-state index contributed by atoms with van der Waals surface area (Å²) in [6, 6.07) is 0. The Morgan fingerprint density at radius 1 is 1.73 bits per heavy atom. The van der Waals surface area contributed by atoms with E-state index in [1.807, 2.05) is 0 Å². The van der Waals surface area contributed by atoms with Crippen LogP contribution in [-0.4, -0.2) is 29.8 Å². The van der Waals surface area contributed by atoms with Gasteiger partial charge < -0.3 is 4.74 Å². The van der Waals surface area contributed by atoms with Crippen LogP contribution in [0.3, 0.4) is 0 Å². The first-order valence-corrected chi connectivity index (χ1v) is 5.35. The molecule has 0 bridgehead atoms. The van der Waals surface area contributed by atoms with Crippen molar-refractivity contribution < 1.29 is 13.1 Å². The van der Waals surface area contributed by atoms with Gasteiger partial charge in [0.05, 0.1) is 12.7 Å². The predicted molar refractivity (Wildman–Crippen MR) is 43.6 cm³/mol. The molecule has 0 N–H and O–H groups in total. The molecule has 0 spiro atoms. The van der Waals surface area contributed by atoms with Gasteiger partial charge in [0.25, 0.3) is 0 Å². The van der Waals surface area contributed by atoms with Crippen LogP contribution < -0.4 is 0 Å². The van der Waals surface area contributed by atoms with Crippen LogP contribution in [0.2, 0.25) is 0 Å². The fourth-order valence-electron chi connectivity index (χ4n) is 1.17. The molecule has 4 heteroatoms. The standard InChI is InChI=1S/C7H14O3S/c1-11(8)10-6-4-7-3-2-5-9-7/h7H,2-6H2,1H3. The quantitative estimate of drug-likeness (QED) is 0.640. The number of hydrogen-bond acceptors (Lipinski definition) is 3. The Bertz CT molecular complexity index is 132. The van der Waals surface area contributed by atoms with Crippen LogP contribution in [0.1, 0.15) is 19.3 Å². The topological polar surface area (TPSA) is 35.5 Å². The van der Waals surface area contributed by atoms with Crippen LogP contribution in [-0.2, 0) is 20.0 Å². The summed E-state index contributed by atoms with van der Waals surface area (Å²) in [4.78, 5) is 0. The maximum absolute atomic E-state index is 10.5. The Morgan fingerprint density at radius 2 is 2.55 bits per heavy atom. The van der Waals surface area contributed by atoms with Crippen LogP contribution in [0.25, 0.3) is 0 Å². The molecule has 0 aliphatic carbocycles. The lowest BCUT2D eigenvalue weighted by molar-refractivity contribution is 0.0924. The lowest BCUT2D eigenvalue weighted by Crippen LogP contribution is -2.09. The molecule has 1 heterocycles. The van der Waals surface area contributed by atoms with Crippen LogP contribution >= 0.6 is 0 Å². The molecule has 1 fully saturated rings. The zero-order chi connectivity index (χ0) is 8.10. The summed E-state index contributed by atoms with van der Waals surface area (Å²) >= 11 is -1.12. The zero-order valence-electron chi connectivity index (χ0n) is 6.75. The van der Waals surface area contributed by atoms with Crippen molar-refractivity contribution in [1.82, 2.24) is 0 Å². The summed E-state index contributed by atoms with van der Waals surface area (Å²) in [6.45, 7) is 1.42. The number of hydrogen-bond donors (Lipinski definition) is 0. The van der Waals surface area contributed by atoms with Crippen molar-refractivity contribution in [2.24, 2.45) is 0 Å². The van der Waals surface area contributed by atoms with Gasteiger partial charge in [0.2, 0.25) is 0 Å². The first-order valence-electron chi connectivity index (χ1n) is 3.87. The highest BCUT2D eigenvalue weighted by Gasteiger charge is 2.14. The second-order valence-electron chi connectivity index (χ2n) is 2.65. The third kappa shape index (κ3) is 3.84. The van der Waals surface area contributed by atoms with Crippen molar-refractivity contribution in [3.8, 4) is 0 Å². The third-order valence-corrected chi connectivity index (χ3v) is 2.21. The Labute approximate surface area is 69.7 Å². The molecule has 1 rings (SSSR count). The fraction of sp³-hybridized carbons (Fsp3) is 1.00. The minimum atomic E-state index is -1.12. The summed E-state index contributed by atoms with van der Waals surface area (Å²) in [5.41, 5.74) is 0. The van der Waals surface area contributed by atoms with Gasteiger partial charge in [0.1, 0.15) is 0 Å². The largest absolute Gasteiger partial charge is 0.378 e. The summed E-state index contributed by atoms with van der Waals surface area (Å²) in [7, 11) is 0. The van der Waals surface area contributed by atoms with Crippen molar-refractivity contribution in [3.63, 3.8) is 0 Å². The number of ether oxygens (including phenoxy) is 1. The minimum Gasteiger partial charge on any atom is -0.378 e. The SMILES string of the molecule is CS(=O)OCCC1CCCO1. The van der Waals surface area contributed by atoms with E-state index in [0.717, 1.165) is 25.9 Å². The molecule has 2 atom stereocenters. The molecule has 3 nitrogen and oxygen atoms in total. The average Bonchev–Trinajstić information content (AvgIpc) is 2.39. The molecule has 1 saturated heterocycles. The molecule has 0 aromatic heterocycles. The van der Waals surface area contributed by atoms with Crippen molar-refractivity contribution in [1.29, 1.82) is 0 Å². The monoisotopic (exact) mass is 178 g/mol. The molecule has 66 valence electrons. The van der Waals surface area contributed by atoms with Gasteiger partial charge in [-0.2, -0.15) is 0 Å². The van der Waals surface area contributed by atoms with Crippen molar-refractivity contribution in [2.45, 2.75) is 25.4 Å². The Morgan fingerprint density at radius 3 is 3.09 bits per heavy atom. The Balaban J connectivity index is 1.98. The van der Waals surface area contributed by atoms with Gasteiger partial charge in [0.15, 0.2) is 11.1 Å². The van der Waals surface area contributed by atoms with Gasteiger partial charge >= 0.3 is 0 Å². The molecule has 0 aromatic carbocycles. The molecule has 1 aliphatic heterocycles. The predicted octanol–water partition coefficient (Wildman–Crippen LogP) is 0.866. The van der Waals surface area contributed by atoms with E-state index in [1.54, 1.807) is 0 Å². The first kappa shape index (κ1) is 9.16. The summed E-state index contributed by atoms with van der Waals surface area (Å²) in [5, 5.41) is 0. The molecule has 0 radical (unpaired) electrons. The van der Waals surface area contributed by atoms with E-state index in [4.69, 9.17) is 8.92 Å². The van der Waals surface area contributed by atoms with Gasteiger partial charge in [-0.05, 0) is 19.3 Å². The van der Waals surface area contributed by atoms with Crippen molar-refractivity contribution in [3.05, 3.63) is 0 Å². The van der Waals surface area contributed by atoms with Gasteiger partial charge in [-0.15, -0.1) is 0 Å². The molecule has 0 aromatic rings. The molecule has 0 amide bonds. The highest BCUT2D eigenvalue weighted by atomic mass is 32.2. The van der Waals surface area contributed by atoms with Crippen LogP contribution in [0.15, 0.2) is 0 Å². The highest BCUT2D eigenvalue weighted by molar-refractivity contribution is 7.79. The van der Waals surface area contributed by atoms with E-state index in [0.29, 0.717) is 12.7 Å². The fourth-order valence-corrected chi connectivity index (χ4v) is 1.50. The van der Waals surface area contributed by atoms with E-state index >= 15 is 0 Å². The lowest BCUT2D eigenvalue weighted by atomic mass is 10.2. The summed E-state index contributed by atoms with van der Waals surface area (Å²) in [6.07, 6.45) is 5.04. The van der Waals surface area contributed by atoms with Crippen molar-refractivity contribution >= 4 is 11.1 Å². The lowest BCUT2D eigenvalue weighted by Gasteiger charge is -2.07. The highest BCUT2D eigenvalue weighted by Crippen LogP contribution is 2.14. The van der Waals surface area contributed by atoms with E-state index in [-0.39, 0.29) is 0 Å². The average molecular weight is 178 g/mol. The Kier molecular flexibility index (Phi) is 4.04. The van der Waals surface area contributed by atoms with Gasteiger partial charge in [-0.1, -0.05) is 0 Å². The molecular weight excluding hydrogens is 164 g/mol. The zero-order valence-corrected chi connectivity index (χ0v) is 7.56. The van der Waals surface area contributed by atoms with Gasteiger partial charge in [-0.3, -0.25) is 4.18 Å². The maximum atomic E-state index is 10.5. The van der Waals surface area contributed by atoms with Crippen LogP contribution in [0.4, 0.5) is 0 Å². The van der Waals surface area contributed by atoms with E-state index in [9.17, 15) is 4.21 Å². The van der Waals surface area contributed by atoms with E-state index in [2.05, 4.69) is 0 Å². The normalized spacial score (nSPS) is 27.2. The van der Waals surface area contributed by atoms with E-state index in [1.165, 1.54) is 6.26 Å². The van der Waals surface area contributed by atoms with Crippen molar-refractivity contribution in [2.75, 3.05) is 19.5 Å².